The highest BCUT2D eigenvalue weighted by atomic mass is 32.2. The van der Waals surface area contributed by atoms with Crippen molar-refractivity contribution in [1.29, 1.82) is 0 Å². The molecule has 3 aromatic heterocycles. The minimum atomic E-state index is -3.61. The van der Waals surface area contributed by atoms with E-state index in [2.05, 4.69) is 15.3 Å². The molecule has 0 amide bonds. The van der Waals surface area contributed by atoms with Crippen molar-refractivity contribution >= 4 is 10.0 Å². The smallest absolute Gasteiger partial charge is 0.248 e. The largest absolute Gasteiger partial charge is 0.360 e. The molecule has 1 saturated heterocycles. The second-order valence-corrected chi connectivity index (χ2v) is 8.67. The van der Waals surface area contributed by atoms with E-state index in [1.54, 1.807) is 13.8 Å². The first kappa shape index (κ1) is 17.9. The van der Waals surface area contributed by atoms with Crippen molar-refractivity contribution < 1.29 is 17.5 Å². The summed E-state index contributed by atoms with van der Waals surface area (Å²) in [7, 11) is -1.69. The molecule has 9 nitrogen and oxygen atoms in total. The van der Waals surface area contributed by atoms with Gasteiger partial charge in [-0.1, -0.05) is 10.3 Å². The maximum absolute atomic E-state index is 12.9. The van der Waals surface area contributed by atoms with E-state index in [0.717, 1.165) is 5.69 Å². The molecule has 1 aliphatic heterocycles. The maximum Gasteiger partial charge on any atom is 0.248 e. The molecule has 0 aromatic carbocycles. The van der Waals surface area contributed by atoms with Gasteiger partial charge in [-0.05, 0) is 38.8 Å². The lowest BCUT2D eigenvalue weighted by molar-refractivity contribution is 0.270. The van der Waals surface area contributed by atoms with Gasteiger partial charge in [-0.25, -0.2) is 8.42 Å². The monoisotopic (exact) mass is 391 g/mol. The van der Waals surface area contributed by atoms with E-state index in [4.69, 9.17) is 9.05 Å². The Hall–Kier alpha value is -2.46. The van der Waals surface area contributed by atoms with Gasteiger partial charge in [0.1, 0.15) is 10.6 Å². The SMILES string of the molecule is Cc1noc(C)c1S(=O)(=O)N1CCC(c2nc(-c3cccn3C)no2)CC1. The van der Waals surface area contributed by atoms with Crippen LogP contribution in [0.5, 0.6) is 0 Å². The molecule has 144 valence electrons. The molecule has 4 heterocycles. The van der Waals surface area contributed by atoms with E-state index in [0.29, 0.717) is 49.1 Å². The molecule has 0 bridgehead atoms. The highest BCUT2D eigenvalue weighted by Gasteiger charge is 2.35. The summed E-state index contributed by atoms with van der Waals surface area (Å²) in [6, 6.07) is 3.84. The molecular formula is C17H21N5O4S. The van der Waals surface area contributed by atoms with Crippen molar-refractivity contribution in [1.82, 2.24) is 24.2 Å². The lowest BCUT2D eigenvalue weighted by atomic mass is 9.98. The van der Waals surface area contributed by atoms with Crippen LogP contribution in [-0.4, -0.2) is 45.7 Å². The van der Waals surface area contributed by atoms with Crippen molar-refractivity contribution in [3.05, 3.63) is 35.7 Å². The van der Waals surface area contributed by atoms with E-state index < -0.39 is 10.0 Å². The Morgan fingerprint density at radius 2 is 1.89 bits per heavy atom. The Labute approximate surface area is 157 Å². The van der Waals surface area contributed by atoms with Gasteiger partial charge in [0.25, 0.3) is 0 Å². The molecule has 27 heavy (non-hydrogen) atoms. The Kier molecular flexibility index (Phi) is 4.39. The molecule has 0 atom stereocenters. The fraction of sp³-hybridized carbons (Fsp3) is 0.471. The second kappa shape index (κ2) is 6.61. The summed E-state index contributed by atoms with van der Waals surface area (Å²) in [5.41, 5.74) is 1.27. The van der Waals surface area contributed by atoms with Crippen LogP contribution in [0.25, 0.3) is 11.5 Å². The summed E-state index contributed by atoms with van der Waals surface area (Å²) in [5.74, 6) is 1.46. The third-order valence-electron chi connectivity index (χ3n) is 4.98. The molecule has 0 unspecified atom stereocenters. The minimum Gasteiger partial charge on any atom is -0.360 e. The van der Waals surface area contributed by atoms with Crippen LogP contribution in [0.4, 0.5) is 0 Å². The van der Waals surface area contributed by atoms with Crippen molar-refractivity contribution in [2.24, 2.45) is 7.05 Å². The van der Waals surface area contributed by atoms with Crippen LogP contribution in [-0.2, 0) is 17.1 Å². The van der Waals surface area contributed by atoms with Gasteiger partial charge in [0.15, 0.2) is 5.76 Å². The molecule has 3 aromatic rings. The summed E-state index contributed by atoms with van der Waals surface area (Å²) >= 11 is 0. The summed E-state index contributed by atoms with van der Waals surface area (Å²) in [6.07, 6.45) is 3.16. The number of piperidine rings is 1. The molecule has 0 radical (unpaired) electrons. The molecule has 0 N–H and O–H groups in total. The van der Waals surface area contributed by atoms with Gasteiger partial charge in [-0.3, -0.25) is 0 Å². The highest BCUT2D eigenvalue weighted by molar-refractivity contribution is 7.89. The van der Waals surface area contributed by atoms with E-state index in [1.165, 1.54) is 4.31 Å². The van der Waals surface area contributed by atoms with Gasteiger partial charge >= 0.3 is 0 Å². The first-order chi connectivity index (χ1) is 12.9. The summed E-state index contributed by atoms with van der Waals surface area (Å²) in [4.78, 5) is 4.68. The Morgan fingerprint density at radius 1 is 1.15 bits per heavy atom. The number of hydrogen-bond acceptors (Lipinski definition) is 7. The van der Waals surface area contributed by atoms with Crippen molar-refractivity contribution in [3.63, 3.8) is 0 Å². The average Bonchev–Trinajstić information content (AvgIpc) is 3.35. The van der Waals surface area contributed by atoms with E-state index >= 15 is 0 Å². The molecular weight excluding hydrogens is 370 g/mol. The quantitative estimate of drug-likeness (QED) is 0.671. The fourth-order valence-electron chi connectivity index (χ4n) is 3.51. The lowest BCUT2D eigenvalue weighted by Crippen LogP contribution is -2.38. The Bertz CT molecular complexity index is 1040. The zero-order chi connectivity index (χ0) is 19.2. The van der Waals surface area contributed by atoms with Gasteiger partial charge < -0.3 is 13.6 Å². The number of aromatic nitrogens is 4. The van der Waals surface area contributed by atoms with E-state index in [1.807, 2.05) is 29.9 Å². The predicted molar refractivity (Wildman–Crippen MR) is 95.4 cm³/mol. The van der Waals surface area contributed by atoms with Crippen LogP contribution < -0.4 is 0 Å². The molecule has 10 heteroatoms. The molecule has 1 aliphatic rings. The molecule has 0 spiro atoms. The van der Waals surface area contributed by atoms with Gasteiger partial charge in [-0.15, -0.1) is 0 Å². The number of rotatable bonds is 4. The van der Waals surface area contributed by atoms with Crippen molar-refractivity contribution in [2.45, 2.75) is 37.5 Å². The third-order valence-corrected chi connectivity index (χ3v) is 7.13. The van der Waals surface area contributed by atoms with Gasteiger partial charge in [0.2, 0.25) is 21.7 Å². The van der Waals surface area contributed by atoms with Gasteiger partial charge in [0, 0.05) is 32.3 Å². The van der Waals surface area contributed by atoms with E-state index in [9.17, 15) is 8.42 Å². The lowest BCUT2D eigenvalue weighted by Gasteiger charge is -2.29. The number of hydrogen-bond donors (Lipinski definition) is 0. The molecule has 0 saturated carbocycles. The molecule has 4 rings (SSSR count). The van der Waals surface area contributed by atoms with Crippen molar-refractivity contribution in [2.75, 3.05) is 13.1 Å². The summed E-state index contributed by atoms with van der Waals surface area (Å²) in [5, 5.41) is 7.82. The summed E-state index contributed by atoms with van der Waals surface area (Å²) in [6.45, 7) is 4.03. The zero-order valence-corrected chi connectivity index (χ0v) is 16.2. The number of nitrogens with zero attached hydrogens (tertiary/aromatic N) is 5. The van der Waals surface area contributed by atoms with Crippen LogP contribution in [0.3, 0.4) is 0 Å². The van der Waals surface area contributed by atoms with Crippen LogP contribution in [0.15, 0.2) is 32.3 Å². The normalized spacial score (nSPS) is 16.9. The second-order valence-electron chi connectivity index (χ2n) is 6.79. The molecule has 0 aliphatic carbocycles. The van der Waals surface area contributed by atoms with Crippen LogP contribution >= 0.6 is 0 Å². The Morgan fingerprint density at radius 3 is 2.48 bits per heavy atom. The van der Waals surface area contributed by atoms with E-state index in [-0.39, 0.29) is 10.8 Å². The van der Waals surface area contributed by atoms with Crippen LogP contribution in [0.2, 0.25) is 0 Å². The van der Waals surface area contributed by atoms with Crippen LogP contribution in [0, 0.1) is 13.8 Å². The maximum atomic E-state index is 12.9. The predicted octanol–water partition coefficient (Wildman–Crippen LogP) is 2.25. The Balaban J connectivity index is 1.48. The highest BCUT2D eigenvalue weighted by Crippen LogP contribution is 2.32. The van der Waals surface area contributed by atoms with Gasteiger partial charge in [0.05, 0.1) is 5.69 Å². The summed E-state index contributed by atoms with van der Waals surface area (Å²) < 4.78 is 39.7. The third kappa shape index (κ3) is 3.08. The first-order valence-electron chi connectivity index (χ1n) is 8.76. The van der Waals surface area contributed by atoms with Crippen molar-refractivity contribution in [3.8, 4) is 11.5 Å². The zero-order valence-electron chi connectivity index (χ0n) is 15.4. The minimum absolute atomic E-state index is 0.0441. The molecule has 1 fully saturated rings. The fourth-order valence-corrected chi connectivity index (χ4v) is 5.27. The standard InChI is InChI=1S/C17H21N5O4S/c1-11-15(12(2)25-19-11)27(23,24)22-9-6-13(7-10-22)17-18-16(20-26-17)14-5-4-8-21(14)3/h4-5,8,13H,6-7,9-10H2,1-3H3. The van der Waals surface area contributed by atoms with Crippen LogP contribution in [0.1, 0.15) is 36.1 Å². The number of aryl methyl sites for hydroxylation is 3. The van der Waals surface area contributed by atoms with Gasteiger partial charge in [-0.2, -0.15) is 9.29 Å². The topological polar surface area (TPSA) is 107 Å². The number of sulfonamides is 1. The average molecular weight is 391 g/mol. The first-order valence-corrected chi connectivity index (χ1v) is 10.2.